The third kappa shape index (κ3) is 2.37. The SMILES string of the molecule is O=c1c(I)c(Cl)ncn1Cc1cn2ccccc2n1. The van der Waals surface area contributed by atoms with Crippen molar-refractivity contribution in [1.82, 2.24) is 18.9 Å². The van der Waals surface area contributed by atoms with Crippen LogP contribution in [0, 0.1) is 3.57 Å². The Labute approximate surface area is 127 Å². The number of nitrogens with zero attached hydrogens (tertiary/aromatic N) is 4. The van der Waals surface area contributed by atoms with Crippen molar-refractivity contribution in [2.45, 2.75) is 6.54 Å². The minimum Gasteiger partial charge on any atom is -0.307 e. The molecule has 0 aliphatic carbocycles. The van der Waals surface area contributed by atoms with Crippen molar-refractivity contribution < 1.29 is 0 Å². The van der Waals surface area contributed by atoms with E-state index in [1.54, 1.807) is 0 Å². The van der Waals surface area contributed by atoms with Crippen LogP contribution in [0.3, 0.4) is 0 Å². The van der Waals surface area contributed by atoms with Crippen molar-refractivity contribution in [3.05, 3.63) is 61.7 Å². The molecule has 0 amide bonds. The van der Waals surface area contributed by atoms with Gasteiger partial charge in [-0.3, -0.25) is 9.36 Å². The van der Waals surface area contributed by atoms with E-state index in [4.69, 9.17) is 11.6 Å². The first-order chi connectivity index (χ1) is 9.15. The van der Waals surface area contributed by atoms with Gasteiger partial charge in [-0.15, -0.1) is 0 Å². The van der Waals surface area contributed by atoms with Gasteiger partial charge < -0.3 is 4.40 Å². The number of hydrogen-bond donors (Lipinski definition) is 0. The lowest BCUT2D eigenvalue weighted by Crippen LogP contribution is -2.23. The molecule has 19 heavy (non-hydrogen) atoms. The highest BCUT2D eigenvalue weighted by atomic mass is 127. The molecule has 7 heteroatoms. The minimum atomic E-state index is -0.155. The van der Waals surface area contributed by atoms with Crippen LogP contribution in [0.1, 0.15) is 5.69 Å². The summed E-state index contributed by atoms with van der Waals surface area (Å²) in [5.41, 5.74) is 1.49. The molecule has 3 rings (SSSR count). The molecule has 0 aliphatic heterocycles. The van der Waals surface area contributed by atoms with E-state index in [0.717, 1.165) is 11.3 Å². The summed E-state index contributed by atoms with van der Waals surface area (Å²) >= 11 is 7.70. The first-order valence-electron chi connectivity index (χ1n) is 5.48. The lowest BCUT2D eigenvalue weighted by Gasteiger charge is -2.03. The average molecular weight is 387 g/mol. The maximum atomic E-state index is 12.0. The maximum absolute atomic E-state index is 12.0. The summed E-state index contributed by atoms with van der Waals surface area (Å²) in [6.07, 6.45) is 5.25. The van der Waals surface area contributed by atoms with Crippen LogP contribution in [0.15, 0.2) is 41.7 Å². The Bertz CT molecular complexity index is 778. The molecule has 3 aromatic heterocycles. The van der Waals surface area contributed by atoms with Crippen molar-refractivity contribution >= 4 is 39.8 Å². The van der Waals surface area contributed by atoms with Crippen molar-refractivity contribution in [3.63, 3.8) is 0 Å². The molecule has 0 N–H and O–H groups in total. The van der Waals surface area contributed by atoms with E-state index in [-0.39, 0.29) is 10.7 Å². The van der Waals surface area contributed by atoms with Crippen LogP contribution in [0.2, 0.25) is 5.15 Å². The van der Waals surface area contributed by atoms with Gasteiger partial charge in [-0.25, -0.2) is 9.97 Å². The molecular formula is C12H8ClIN4O. The quantitative estimate of drug-likeness (QED) is 0.501. The molecule has 0 atom stereocenters. The van der Waals surface area contributed by atoms with Gasteiger partial charge in [-0.2, -0.15) is 0 Å². The van der Waals surface area contributed by atoms with Crippen molar-refractivity contribution in [2.24, 2.45) is 0 Å². The third-order valence-electron chi connectivity index (χ3n) is 2.69. The second kappa shape index (κ2) is 4.93. The van der Waals surface area contributed by atoms with E-state index < -0.39 is 0 Å². The Morgan fingerprint density at radius 2 is 2.21 bits per heavy atom. The molecule has 96 valence electrons. The fourth-order valence-electron chi connectivity index (χ4n) is 1.79. The van der Waals surface area contributed by atoms with Crippen LogP contribution in [-0.4, -0.2) is 18.9 Å². The topological polar surface area (TPSA) is 52.2 Å². The van der Waals surface area contributed by atoms with E-state index >= 15 is 0 Å². The van der Waals surface area contributed by atoms with Gasteiger partial charge in [0.05, 0.1) is 18.6 Å². The number of imidazole rings is 1. The van der Waals surface area contributed by atoms with Gasteiger partial charge in [-0.05, 0) is 34.7 Å². The van der Waals surface area contributed by atoms with E-state index in [1.807, 2.05) is 57.6 Å². The second-order valence-electron chi connectivity index (χ2n) is 3.98. The normalized spacial score (nSPS) is 11.1. The largest absolute Gasteiger partial charge is 0.307 e. The molecular weight excluding hydrogens is 379 g/mol. The predicted molar refractivity (Wildman–Crippen MR) is 80.5 cm³/mol. The Hall–Kier alpha value is -1.41. The monoisotopic (exact) mass is 386 g/mol. The number of pyridine rings is 1. The molecule has 0 saturated carbocycles. The Kier molecular flexibility index (Phi) is 3.28. The van der Waals surface area contributed by atoms with Gasteiger partial charge in [0.2, 0.25) is 0 Å². The van der Waals surface area contributed by atoms with Gasteiger partial charge in [0.1, 0.15) is 14.4 Å². The minimum absolute atomic E-state index is 0.155. The fraction of sp³-hybridized carbons (Fsp3) is 0.0833. The summed E-state index contributed by atoms with van der Waals surface area (Å²) in [6, 6.07) is 5.76. The number of hydrogen-bond acceptors (Lipinski definition) is 3. The molecule has 5 nitrogen and oxygen atoms in total. The Morgan fingerprint density at radius 3 is 3.00 bits per heavy atom. The van der Waals surface area contributed by atoms with Crippen molar-refractivity contribution in [2.75, 3.05) is 0 Å². The lowest BCUT2D eigenvalue weighted by molar-refractivity contribution is 0.718. The summed E-state index contributed by atoms with van der Waals surface area (Å²) < 4.78 is 3.83. The zero-order valence-corrected chi connectivity index (χ0v) is 12.5. The van der Waals surface area contributed by atoms with E-state index in [0.29, 0.717) is 10.1 Å². The molecule has 0 aliphatic rings. The maximum Gasteiger partial charge on any atom is 0.268 e. The highest BCUT2D eigenvalue weighted by molar-refractivity contribution is 14.1. The van der Waals surface area contributed by atoms with Crippen molar-refractivity contribution in [1.29, 1.82) is 0 Å². The van der Waals surface area contributed by atoms with E-state index in [2.05, 4.69) is 9.97 Å². The molecule has 0 spiro atoms. The first-order valence-corrected chi connectivity index (χ1v) is 6.94. The van der Waals surface area contributed by atoms with E-state index in [9.17, 15) is 4.79 Å². The first kappa shape index (κ1) is 12.6. The molecule has 0 radical (unpaired) electrons. The summed E-state index contributed by atoms with van der Waals surface area (Å²) in [4.78, 5) is 20.4. The van der Waals surface area contributed by atoms with Crippen LogP contribution in [0.4, 0.5) is 0 Å². The zero-order chi connectivity index (χ0) is 13.4. The molecule has 0 unspecified atom stereocenters. The Morgan fingerprint density at radius 1 is 1.37 bits per heavy atom. The zero-order valence-electron chi connectivity index (χ0n) is 9.62. The van der Waals surface area contributed by atoms with E-state index in [1.165, 1.54) is 10.9 Å². The molecule has 3 aromatic rings. The molecule has 3 heterocycles. The van der Waals surface area contributed by atoms with Gasteiger partial charge >= 0.3 is 0 Å². The smallest absolute Gasteiger partial charge is 0.268 e. The number of halogens is 2. The summed E-state index contributed by atoms with van der Waals surface area (Å²) in [7, 11) is 0. The molecule has 0 aromatic carbocycles. The third-order valence-corrected chi connectivity index (χ3v) is 4.26. The highest BCUT2D eigenvalue weighted by Crippen LogP contribution is 2.10. The number of fused-ring (bicyclic) bond motifs is 1. The molecule has 0 fully saturated rings. The van der Waals surface area contributed by atoms with Crippen LogP contribution in [-0.2, 0) is 6.54 Å². The van der Waals surface area contributed by atoms with Gasteiger partial charge in [-0.1, -0.05) is 17.7 Å². The molecule has 0 saturated heterocycles. The number of rotatable bonds is 2. The fourth-order valence-corrected chi connectivity index (χ4v) is 2.37. The van der Waals surface area contributed by atoms with Crippen molar-refractivity contribution in [3.8, 4) is 0 Å². The van der Waals surface area contributed by atoms with Crippen LogP contribution >= 0.6 is 34.2 Å². The average Bonchev–Trinajstić information content (AvgIpc) is 2.82. The standard InChI is InChI=1S/C12H8ClIN4O/c13-11-10(14)12(19)18(7-15-11)6-8-5-17-4-2-1-3-9(17)16-8/h1-5,7H,6H2. The van der Waals surface area contributed by atoms with Gasteiger partial charge in [0.25, 0.3) is 5.56 Å². The summed E-state index contributed by atoms with van der Waals surface area (Å²) in [5.74, 6) is 0. The lowest BCUT2D eigenvalue weighted by atomic mass is 10.4. The van der Waals surface area contributed by atoms with Gasteiger partial charge in [0, 0.05) is 12.4 Å². The second-order valence-corrected chi connectivity index (χ2v) is 5.42. The summed E-state index contributed by atoms with van der Waals surface area (Å²) in [5, 5.41) is 0.233. The predicted octanol–water partition coefficient (Wildman–Crippen LogP) is 2.20. The number of aromatic nitrogens is 4. The highest BCUT2D eigenvalue weighted by Gasteiger charge is 2.08. The van der Waals surface area contributed by atoms with Crippen LogP contribution < -0.4 is 5.56 Å². The molecule has 0 bridgehead atoms. The van der Waals surface area contributed by atoms with Crippen LogP contribution in [0.25, 0.3) is 5.65 Å². The summed E-state index contributed by atoms with van der Waals surface area (Å²) in [6.45, 7) is 0.376. The van der Waals surface area contributed by atoms with Gasteiger partial charge in [0.15, 0.2) is 0 Å². The Balaban J connectivity index is 2.01. The van der Waals surface area contributed by atoms with Crippen LogP contribution in [0.5, 0.6) is 0 Å².